The number of ketones is 2. The monoisotopic (exact) mass is 329 g/mol. The zero-order valence-electron chi connectivity index (χ0n) is 13.3. The highest BCUT2D eigenvalue weighted by Gasteiger charge is 2.48. The molecule has 1 fully saturated rings. The van der Waals surface area contributed by atoms with E-state index in [0.29, 0.717) is 0 Å². The molecule has 0 aliphatic heterocycles. The van der Waals surface area contributed by atoms with Gasteiger partial charge in [-0.15, -0.1) is 0 Å². The molecule has 2 unspecified atom stereocenters. The van der Waals surface area contributed by atoms with Gasteiger partial charge in [0.25, 0.3) is 0 Å². The van der Waals surface area contributed by atoms with Crippen LogP contribution in [-0.2, 0) is 9.59 Å². The lowest BCUT2D eigenvalue weighted by Gasteiger charge is -2.26. The van der Waals surface area contributed by atoms with E-state index in [1.54, 1.807) is 18.2 Å². The third-order valence-electron chi connectivity index (χ3n) is 5.28. The molecule has 1 heterocycles. The van der Waals surface area contributed by atoms with Gasteiger partial charge >= 0.3 is 0 Å². The van der Waals surface area contributed by atoms with Gasteiger partial charge < -0.3 is 10.1 Å². The van der Waals surface area contributed by atoms with E-state index in [2.05, 4.69) is 4.98 Å². The number of H-pyrrole nitrogens is 1. The third-order valence-corrected chi connectivity index (χ3v) is 5.28. The molecule has 122 valence electrons. The van der Waals surface area contributed by atoms with Crippen molar-refractivity contribution >= 4 is 34.1 Å². The average Bonchev–Trinajstić information content (AvgIpc) is 3.12. The van der Waals surface area contributed by atoms with Gasteiger partial charge in [-0.1, -0.05) is 30.3 Å². The first-order valence-corrected chi connectivity index (χ1v) is 8.30. The van der Waals surface area contributed by atoms with E-state index >= 15 is 0 Å². The highest BCUT2D eigenvalue weighted by Crippen LogP contribution is 2.50. The number of fused-ring (bicyclic) bond motifs is 5. The van der Waals surface area contributed by atoms with Gasteiger partial charge in [-0.05, 0) is 41.0 Å². The van der Waals surface area contributed by atoms with Crippen molar-refractivity contribution in [2.45, 2.75) is 12.3 Å². The van der Waals surface area contributed by atoms with E-state index in [0.717, 1.165) is 33.3 Å². The van der Waals surface area contributed by atoms with Crippen molar-refractivity contribution in [3.8, 4) is 5.75 Å². The van der Waals surface area contributed by atoms with Crippen LogP contribution in [0, 0.1) is 5.92 Å². The molecule has 2 aliphatic rings. The number of nitrogens with one attached hydrogen (secondary N) is 1. The Kier molecular flexibility index (Phi) is 2.80. The summed E-state index contributed by atoms with van der Waals surface area (Å²) in [5.41, 5.74) is 4.41. The zero-order valence-corrected chi connectivity index (χ0v) is 13.3. The van der Waals surface area contributed by atoms with Crippen LogP contribution >= 0.6 is 0 Å². The second-order valence-electron chi connectivity index (χ2n) is 6.71. The first kappa shape index (κ1) is 14.2. The van der Waals surface area contributed by atoms with Crippen molar-refractivity contribution in [3.63, 3.8) is 0 Å². The van der Waals surface area contributed by atoms with Gasteiger partial charge in [-0.3, -0.25) is 9.59 Å². The Bertz CT molecular complexity index is 1080. The van der Waals surface area contributed by atoms with E-state index in [4.69, 9.17) is 0 Å². The summed E-state index contributed by atoms with van der Waals surface area (Å²) in [4.78, 5) is 28.6. The van der Waals surface area contributed by atoms with Crippen molar-refractivity contribution in [2.75, 3.05) is 0 Å². The number of phenolic OH excluding ortho intramolecular Hbond substituents is 1. The van der Waals surface area contributed by atoms with Gasteiger partial charge in [0.1, 0.15) is 17.3 Å². The number of aromatic nitrogens is 1. The number of Topliss-reactive ketones (excluding diaryl/α,β-unsaturated/α-hetero) is 2. The molecule has 5 rings (SSSR count). The average molecular weight is 329 g/mol. The maximum atomic E-state index is 12.7. The summed E-state index contributed by atoms with van der Waals surface area (Å²) >= 11 is 0. The van der Waals surface area contributed by atoms with Crippen LogP contribution in [0.1, 0.15) is 29.2 Å². The van der Waals surface area contributed by atoms with E-state index in [1.165, 1.54) is 0 Å². The molecule has 0 bridgehead atoms. The molecule has 25 heavy (non-hydrogen) atoms. The minimum atomic E-state index is -0.474. The number of benzene rings is 2. The van der Waals surface area contributed by atoms with E-state index in [9.17, 15) is 14.7 Å². The fraction of sp³-hybridized carbons (Fsp3) is 0.143. The number of aromatic amines is 1. The number of carbonyl (C=O) groups excluding carboxylic acids is 2. The van der Waals surface area contributed by atoms with Gasteiger partial charge in [0, 0.05) is 16.6 Å². The molecule has 0 radical (unpaired) electrons. The standard InChI is InChI=1S/C21H15NO3/c23-12-6-7-15-14(8-12)19-16(22-15)9-13(11-4-2-1-3-5-11)20-17(24)10-18(25)21(19)20/h1-9,20-23H,10H2. The Labute approximate surface area is 143 Å². The van der Waals surface area contributed by atoms with Crippen LogP contribution in [0.2, 0.25) is 0 Å². The molecule has 2 atom stereocenters. The molecule has 1 saturated carbocycles. The molecular formula is C21H15NO3. The predicted molar refractivity (Wildman–Crippen MR) is 95.1 cm³/mol. The molecule has 1 aromatic heterocycles. The topological polar surface area (TPSA) is 70.2 Å². The van der Waals surface area contributed by atoms with Crippen LogP contribution in [0.15, 0.2) is 48.5 Å². The highest BCUT2D eigenvalue weighted by molar-refractivity contribution is 6.20. The molecule has 2 N–H and O–H groups in total. The Morgan fingerprint density at radius 3 is 2.52 bits per heavy atom. The number of hydrogen-bond acceptors (Lipinski definition) is 3. The molecular weight excluding hydrogens is 314 g/mol. The number of hydrogen-bond donors (Lipinski definition) is 2. The quantitative estimate of drug-likeness (QED) is 0.669. The summed E-state index contributed by atoms with van der Waals surface area (Å²) in [6.45, 7) is 0. The molecule has 4 heteroatoms. The van der Waals surface area contributed by atoms with Crippen molar-refractivity contribution in [1.29, 1.82) is 0 Å². The summed E-state index contributed by atoms with van der Waals surface area (Å²) in [6.07, 6.45) is 1.96. The van der Waals surface area contributed by atoms with Crippen molar-refractivity contribution < 1.29 is 14.7 Å². The molecule has 0 amide bonds. The third kappa shape index (κ3) is 1.94. The van der Waals surface area contributed by atoms with Crippen LogP contribution in [0.3, 0.4) is 0 Å². The lowest BCUT2D eigenvalue weighted by atomic mass is 9.75. The molecule has 2 aliphatic carbocycles. The van der Waals surface area contributed by atoms with Crippen LogP contribution in [0.4, 0.5) is 0 Å². The fourth-order valence-electron chi connectivity index (χ4n) is 4.25. The Hall–Kier alpha value is -3.14. The van der Waals surface area contributed by atoms with Gasteiger partial charge in [-0.25, -0.2) is 0 Å². The van der Waals surface area contributed by atoms with Crippen LogP contribution in [0.25, 0.3) is 22.6 Å². The summed E-state index contributed by atoms with van der Waals surface area (Å²) in [5, 5.41) is 10.7. The summed E-state index contributed by atoms with van der Waals surface area (Å²) in [6, 6.07) is 14.8. The maximum Gasteiger partial charge on any atom is 0.148 e. The van der Waals surface area contributed by atoms with Crippen molar-refractivity contribution in [2.24, 2.45) is 5.92 Å². The van der Waals surface area contributed by atoms with Crippen molar-refractivity contribution in [1.82, 2.24) is 4.98 Å². The number of phenols is 1. The van der Waals surface area contributed by atoms with Gasteiger partial charge in [-0.2, -0.15) is 0 Å². The Balaban J connectivity index is 1.83. The second-order valence-corrected chi connectivity index (χ2v) is 6.71. The normalized spacial score (nSPS) is 22.0. The molecule has 0 spiro atoms. The lowest BCUT2D eigenvalue weighted by molar-refractivity contribution is -0.122. The molecule has 4 nitrogen and oxygen atoms in total. The molecule has 3 aromatic rings. The summed E-state index contributed by atoms with van der Waals surface area (Å²) < 4.78 is 0. The largest absolute Gasteiger partial charge is 0.508 e. The predicted octanol–water partition coefficient (Wildman–Crippen LogP) is 3.67. The number of carbonyl (C=O) groups is 2. The minimum absolute atomic E-state index is 0.0229. The van der Waals surface area contributed by atoms with Gasteiger partial charge in [0.05, 0.1) is 18.3 Å². The second kappa shape index (κ2) is 4.93. The van der Waals surface area contributed by atoms with Gasteiger partial charge in [0.15, 0.2) is 0 Å². The van der Waals surface area contributed by atoms with Crippen LogP contribution in [0.5, 0.6) is 5.75 Å². The summed E-state index contributed by atoms with van der Waals surface area (Å²) in [5.74, 6) is -0.824. The number of allylic oxidation sites excluding steroid dienone is 1. The lowest BCUT2D eigenvalue weighted by Crippen LogP contribution is -2.21. The number of rotatable bonds is 1. The first-order valence-electron chi connectivity index (χ1n) is 8.30. The summed E-state index contributed by atoms with van der Waals surface area (Å²) in [7, 11) is 0. The number of aromatic hydroxyl groups is 1. The minimum Gasteiger partial charge on any atom is -0.508 e. The highest BCUT2D eigenvalue weighted by atomic mass is 16.3. The van der Waals surface area contributed by atoms with Crippen LogP contribution in [-0.4, -0.2) is 21.7 Å². The smallest absolute Gasteiger partial charge is 0.148 e. The first-order chi connectivity index (χ1) is 12.1. The molecule has 0 saturated heterocycles. The Morgan fingerprint density at radius 1 is 0.960 bits per heavy atom. The maximum absolute atomic E-state index is 12.7. The molecule has 2 aromatic carbocycles. The fourth-order valence-corrected chi connectivity index (χ4v) is 4.25. The van der Waals surface area contributed by atoms with E-state index < -0.39 is 11.8 Å². The Morgan fingerprint density at radius 2 is 1.72 bits per heavy atom. The van der Waals surface area contributed by atoms with E-state index in [1.807, 2.05) is 36.4 Å². The van der Waals surface area contributed by atoms with Crippen molar-refractivity contribution in [3.05, 3.63) is 65.4 Å². The van der Waals surface area contributed by atoms with Crippen LogP contribution < -0.4 is 0 Å². The zero-order chi connectivity index (χ0) is 17.1. The SMILES string of the molecule is O=C1CC(=O)C2c3c([nH]c4ccc(O)cc34)C=C(c3ccccc3)C12. The van der Waals surface area contributed by atoms with Gasteiger partial charge in [0.2, 0.25) is 0 Å². The van der Waals surface area contributed by atoms with E-state index in [-0.39, 0.29) is 23.7 Å².